The van der Waals surface area contributed by atoms with Crippen molar-refractivity contribution in [3.63, 3.8) is 0 Å². The van der Waals surface area contributed by atoms with E-state index in [0.717, 1.165) is 15.8 Å². The number of halogens is 1. The third-order valence-corrected chi connectivity index (χ3v) is 6.04. The fourth-order valence-electron chi connectivity index (χ4n) is 3.45. The van der Waals surface area contributed by atoms with Crippen LogP contribution in [0.25, 0.3) is 0 Å². The summed E-state index contributed by atoms with van der Waals surface area (Å²) in [5.41, 5.74) is 8.11. The van der Waals surface area contributed by atoms with Crippen LogP contribution in [0.1, 0.15) is 39.3 Å². The molecule has 2 N–H and O–H groups in total. The topological polar surface area (TPSA) is 44.5 Å². The van der Waals surface area contributed by atoms with E-state index in [4.69, 9.17) is 15.2 Å². The summed E-state index contributed by atoms with van der Waals surface area (Å²) in [4.78, 5) is 0. The van der Waals surface area contributed by atoms with Crippen LogP contribution in [0.3, 0.4) is 0 Å². The van der Waals surface area contributed by atoms with Gasteiger partial charge < -0.3 is 15.2 Å². The fourth-order valence-corrected chi connectivity index (χ4v) is 4.04. The van der Waals surface area contributed by atoms with Gasteiger partial charge in [-0.3, -0.25) is 0 Å². The van der Waals surface area contributed by atoms with Crippen molar-refractivity contribution in [1.82, 2.24) is 0 Å². The van der Waals surface area contributed by atoms with E-state index in [1.807, 2.05) is 12.1 Å². The monoisotopic (exact) mass is 341 g/mol. The Morgan fingerprint density at radius 3 is 1.90 bits per heavy atom. The first-order valence-electron chi connectivity index (χ1n) is 6.85. The zero-order valence-corrected chi connectivity index (χ0v) is 14.7. The van der Waals surface area contributed by atoms with Gasteiger partial charge in [0.05, 0.1) is 14.2 Å². The van der Waals surface area contributed by atoms with Crippen LogP contribution in [0.4, 0.5) is 0 Å². The minimum Gasteiger partial charge on any atom is -0.493 e. The maximum atomic E-state index is 6.54. The number of benzene rings is 1. The molecule has 1 aliphatic rings. The zero-order valence-electron chi connectivity index (χ0n) is 13.1. The van der Waals surface area contributed by atoms with Crippen LogP contribution in [0.5, 0.6) is 11.5 Å². The van der Waals surface area contributed by atoms with Gasteiger partial charge in [-0.25, -0.2) is 0 Å². The summed E-state index contributed by atoms with van der Waals surface area (Å²) >= 11 is 3.61. The van der Waals surface area contributed by atoms with Crippen molar-refractivity contribution in [2.24, 2.45) is 22.5 Å². The molecular weight excluding hydrogens is 318 g/mol. The van der Waals surface area contributed by atoms with E-state index in [0.29, 0.717) is 11.7 Å². The van der Waals surface area contributed by atoms with E-state index in [-0.39, 0.29) is 16.9 Å². The van der Waals surface area contributed by atoms with Gasteiger partial charge in [0.25, 0.3) is 0 Å². The van der Waals surface area contributed by atoms with Gasteiger partial charge in [0.2, 0.25) is 0 Å². The van der Waals surface area contributed by atoms with E-state index in [1.54, 1.807) is 14.2 Å². The lowest BCUT2D eigenvalue weighted by molar-refractivity contribution is 0.353. The van der Waals surface area contributed by atoms with E-state index in [1.165, 1.54) is 0 Å². The van der Waals surface area contributed by atoms with Crippen molar-refractivity contribution in [3.8, 4) is 11.5 Å². The highest BCUT2D eigenvalue weighted by molar-refractivity contribution is 9.10. The molecule has 4 heteroatoms. The van der Waals surface area contributed by atoms with Gasteiger partial charge in [0.15, 0.2) is 11.5 Å². The molecule has 0 amide bonds. The predicted octanol–water partition coefficient (Wildman–Crippen LogP) is 4.15. The molecule has 20 heavy (non-hydrogen) atoms. The molecule has 1 atom stereocenters. The molecule has 0 heterocycles. The normalized spacial score (nSPS) is 21.4. The molecule has 0 saturated heterocycles. The molecule has 0 aromatic heterocycles. The van der Waals surface area contributed by atoms with Gasteiger partial charge in [-0.1, -0.05) is 43.6 Å². The number of ether oxygens (including phenoxy) is 2. The summed E-state index contributed by atoms with van der Waals surface area (Å²) in [7, 11) is 3.28. The Bertz CT molecular complexity index is 511. The highest BCUT2D eigenvalue weighted by Crippen LogP contribution is 2.72. The quantitative estimate of drug-likeness (QED) is 0.894. The molecule has 112 valence electrons. The van der Waals surface area contributed by atoms with Crippen LogP contribution in [-0.2, 0) is 0 Å². The zero-order chi connectivity index (χ0) is 15.3. The maximum Gasteiger partial charge on any atom is 0.161 e. The first-order valence-corrected chi connectivity index (χ1v) is 7.64. The Labute approximate surface area is 130 Å². The second kappa shape index (κ2) is 4.92. The lowest BCUT2D eigenvalue weighted by atomic mass is 9.97. The van der Waals surface area contributed by atoms with Crippen molar-refractivity contribution in [3.05, 3.63) is 22.2 Å². The van der Waals surface area contributed by atoms with E-state index < -0.39 is 0 Å². The predicted molar refractivity (Wildman–Crippen MR) is 85.2 cm³/mol. The highest BCUT2D eigenvalue weighted by atomic mass is 79.9. The Kier molecular flexibility index (Phi) is 3.85. The Hall–Kier alpha value is -0.740. The Balaban J connectivity index is 2.39. The summed E-state index contributed by atoms with van der Waals surface area (Å²) in [6.45, 7) is 9.14. The fraction of sp³-hybridized carbons (Fsp3) is 0.625. The van der Waals surface area contributed by atoms with Crippen LogP contribution in [0.2, 0.25) is 0 Å². The second-order valence-corrected chi connectivity index (χ2v) is 7.53. The number of nitrogens with two attached hydrogens (primary N) is 1. The molecule has 0 radical (unpaired) electrons. The third-order valence-electron chi connectivity index (χ3n) is 5.35. The van der Waals surface area contributed by atoms with Crippen molar-refractivity contribution >= 4 is 15.9 Å². The number of methoxy groups -OCH3 is 2. The van der Waals surface area contributed by atoms with Gasteiger partial charge in [-0.05, 0) is 34.4 Å². The summed E-state index contributed by atoms with van der Waals surface area (Å²) < 4.78 is 11.7. The second-order valence-electron chi connectivity index (χ2n) is 6.68. The number of hydrogen-bond donors (Lipinski definition) is 1. The average molecular weight is 342 g/mol. The number of rotatable bonds is 4. The SMILES string of the molecule is COc1cc(Br)c(C(N)C2C(C)(C)C2(C)C)cc1OC. The van der Waals surface area contributed by atoms with Crippen LogP contribution < -0.4 is 15.2 Å². The molecule has 1 aromatic carbocycles. The smallest absolute Gasteiger partial charge is 0.161 e. The summed E-state index contributed by atoms with van der Waals surface area (Å²) in [5, 5.41) is 0. The number of hydrogen-bond acceptors (Lipinski definition) is 3. The Morgan fingerprint density at radius 1 is 1.05 bits per heavy atom. The van der Waals surface area contributed by atoms with Crippen molar-refractivity contribution in [1.29, 1.82) is 0 Å². The molecule has 3 nitrogen and oxygen atoms in total. The molecule has 1 unspecified atom stereocenters. The van der Waals surface area contributed by atoms with E-state index in [2.05, 4.69) is 43.6 Å². The minimum absolute atomic E-state index is 0.0193. The Morgan fingerprint density at radius 2 is 1.50 bits per heavy atom. The first-order chi connectivity index (χ1) is 9.18. The molecule has 1 aliphatic carbocycles. The molecule has 0 spiro atoms. The van der Waals surface area contributed by atoms with Crippen LogP contribution in [-0.4, -0.2) is 14.2 Å². The van der Waals surface area contributed by atoms with Gasteiger partial charge in [0.1, 0.15) is 0 Å². The van der Waals surface area contributed by atoms with Crippen LogP contribution in [0.15, 0.2) is 16.6 Å². The maximum absolute atomic E-state index is 6.54. The molecule has 1 fully saturated rings. The van der Waals surface area contributed by atoms with Crippen molar-refractivity contribution < 1.29 is 9.47 Å². The van der Waals surface area contributed by atoms with Crippen molar-refractivity contribution in [2.75, 3.05) is 14.2 Å². The van der Waals surface area contributed by atoms with Gasteiger partial charge in [-0.2, -0.15) is 0 Å². The molecular formula is C16H24BrNO2. The lowest BCUT2D eigenvalue weighted by Gasteiger charge is -2.19. The molecule has 2 rings (SSSR count). The van der Waals surface area contributed by atoms with E-state index >= 15 is 0 Å². The van der Waals surface area contributed by atoms with Gasteiger partial charge in [0, 0.05) is 10.5 Å². The molecule has 0 bridgehead atoms. The summed E-state index contributed by atoms with van der Waals surface area (Å²) in [6.07, 6.45) is 0. The highest BCUT2D eigenvalue weighted by Gasteiger charge is 2.66. The molecule has 1 saturated carbocycles. The van der Waals surface area contributed by atoms with Crippen molar-refractivity contribution in [2.45, 2.75) is 33.7 Å². The summed E-state index contributed by atoms with van der Waals surface area (Å²) in [5.74, 6) is 1.88. The summed E-state index contributed by atoms with van der Waals surface area (Å²) in [6, 6.07) is 3.89. The van der Waals surface area contributed by atoms with E-state index in [9.17, 15) is 0 Å². The first kappa shape index (κ1) is 15.6. The molecule has 0 aliphatic heterocycles. The lowest BCUT2D eigenvalue weighted by Crippen LogP contribution is -2.17. The third kappa shape index (κ3) is 2.13. The van der Waals surface area contributed by atoms with Gasteiger partial charge >= 0.3 is 0 Å². The standard InChI is InChI=1S/C16H24BrNO2/c1-15(2)14(16(15,3)4)13(18)9-7-11(19-5)12(20-6)8-10(9)17/h7-8,13-14H,18H2,1-6H3. The largest absolute Gasteiger partial charge is 0.493 e. The average Bonchev–Trinajstić information content (AvgIpc) is 2.78. The van der Waals surface area contributed by atoms with Gasteiger partial charge in [-0.15, -0.1) is 0 Å². The van der Waals surface area contributed by atoms with Crippen LogP contribution in [0, 0.1) is 16.7 Å². The molecule has 1 aromatic rings. The minimum atomic E-state index is -0.0193. The van der Waals surface area contributed by atoms with Crippen LogP contribution >= 0.6 is 15.9 Å².